The van der Waals surface area contributed by atoms with E-state index in [9.17, 15) is 4.39 Å². The van der Waals surface area contributed by atoms with E-state index >= 15 is 0 Å². The van der Waals surface area contributed by atoms with Gasteiger partial charge in [-0.3, -0.25) is 0 Å². The van der Waals surface area contributed by atoms with Crippen molar-refractivity contribution >= 4 is 0 Å². The summed E-state index contributed by atoms with van der Waals surface area (Å²) in [7, 11) is 1.70. The fraction of sp³-hybridized carbons (Fsp3) is 0.429. The number of hydrogen-bond donors (Lipinski definition) is 1. The second-order valence-electron chi connectivity index (χ2n) is 1.63. The van der Waals surface area contributed by atoms with Crippen LogP contribution in [0.2, 0.25) is 0 Å². The summed E-state index contributed by atoms with van der Waals surface area (Å²) in [5, 5.41) is 2.74. The Kier molecular flexibility index (Phi) is 3.76. The minimum atomic E-state index is -0.264. The number of halogens is 1. The quantitative estimate of drug-likeness (QED) is 0.574. The lowest BCUT2D eigenvalue weighted by Gasteiger charge is -2.01. The smallest absolute Gasteiger partial charge is 0.141 e. The molecule has 1 N–H and O–H groups in total. The molecule has 0 aromatic carbocycles. The van der Waals surface area contributed by atoms with Crippen LogP contribution in [-0.2, 0) is 0 Å². The van der Waals surface area contributed by atoms with Crippen molar-refractivity contribution in [3.63, 3.8) is 0 Å². The molecule has 0 aliphatic rings. The first-order chi connectivity index (χ1) is 4.26. The third kappa shape index (κ3) is 2.31. The lowest BCUT2D eigenvalue weighted by molar-refractivity contribution is 0.632. The van der Waals surface area contributed by atoms with Crippen molar-refractivity contribution in [1.29, 1.82) is 0 Å². The highest BCUT2D eigenvalue weighted by molar-refractivity contribution is 5.15. The molecule has 0 rings (SSSR count). The zero-order valence-electron chi connectivity index (χ0n) is 5.87. The van der Waals surface area contributed by atoms with Crippen LogP contribution in [0.25, 0.3) is 0 Å². The predicted molar refractivity (Wildman–Crippen MR) is 37.7 cm³/mol. The molecule has 1 nitrogen and oxygen atoms in total. The van der Waals surface area contributed by atoms with Gasteiger partial charge in [0.15, 0.2) is 0 Å². The van der Waals surface area contributed by atoms with Crippen molar-refractivity contribution in [2.75, 3.05) is 7.05 Å². The van der Waals surface area contributed by atoms with Gasteiger partial charge in [0.05, 0.1) is 0 Å². The molecule has 0 atom stereocenters. The van der Waals surface area contributed by atoms with E-state index in [2.05, 4.69) is 11.9 Å². The molecule has 0 unspecified atom stereocenters. The topological polar surface area (TPSA) is 12.0 Å². The van der Waals surface area contributed by atoms with E-state index in [0.29, 0.717) is 12.1 Å². The van der Waals surface area contributed by atoms with Gasteiger partial charge in [-0.15, -0.1) is 0 Å². The van der Waals surface area contributed by atoms with Crippen LogP contribution >= 0.6 is 0 Å². The Morgan fingerprint density at radius 2 is 2.33 bits per heavy atom. The Morgan fingerprint density at radius 3 is 2.44 bits per heavy atom. The Labute approximate surface area is 55.3 Å². The molecule has 0 amide bonds. The Hall–Kier alpha value is -0.790. The van der Waals surface area contributed by atoms with Gasteiger partial charge in [-0.2, -0.15) is 0 Å². The molecule has 0 heterocycles. The van der Waals surface area contributed by atoms with Gasteiger partial charge in [0, 0.05) is 12.7 Å². The summed E-state index contributed by atoms with van der Waals surface area (Å²) in [5.41, 5.74) is 0.602. The molecule has 0 radical (unpaired) electrons. The highest BCUT2D eigenvalue weighted by Gasteiger charge is 1.95. The monoisotopic (exact) mass is 129 g/mol. The molecule has 52 valence electrons. The molecule has 0 aromatic rings. The Balaban J connectivity index is 4.17. The molecule has 0 aromatic heterocycles. The molecule has 0 saturated carbocycles. The first-order valence-electron chi connectivity index (χ1n) is 2.95. The number of rotatable bonds is 3. The zero-order chi connectivity index (χ0) is 7.28. The van der Waals surface area contributed by atoms with Crippen molar-refractivity contribution in [2.45, 2.75) is 13.3 Å². The molecule has 2 heteroatoms. The summed E-state index contributed by atoms with van der Waals surface area (Å²) in [6.45, 7) is 5.19. The van der Waals surface area contributed by atoms with E-state index < -0.39 is 0 Å². The SMILES string of the molecule is C=C/C(F)=C(\CC)NC. The van der Waals surface area contributed by atoms with E-state index in [1.807, 2.05) is 6.92 Å². The van der Waals surface area contributed by atoms with Crippen molar-refractivity contribution in [3.8, 4) is 0 Å². The van der Waals surface area contributed by atoms with E-state index in [0.717, 1.165) is 0 Å². The second kappa shape index (κ2) is 4.13. The van der Waals surface area contributed by atoms with Gasteiger partial charge >= 0.3 is 0 Å². The highest BCUT2D eigenvalue weighted by atomic mass is 19.1. The van der Waals surface area contributed by atoms with Crippen molar-refractivity contribution in [1.82, 2.24) is 5.32 Å². The number of allylic oxidation sites excluding steroid dienone is 3. The summed E-state index contributed by atoms with van der Waals surface area (Å²) in [5.74, 6) is -0.264. The average molecular weight is 129 g/mol. The van der Waals surface area contributed by atoms with Crippen LogP contribution in [0.4, 0.5) is 4.39 Å². The predicted octanol–water partition coefficient (Wildman–Crippen LogP) is 1.98. The van der Waals surface area contributed by atoms with E-state index in [1.54, 1.807) is 7.05 Å². The van der Waals surface area contributed by atoms with Crippen molar-refractivity contribution < 1.29 is 4.39 Å². The second-order valence-corrected chi connectivity index (χ2v) is 1.63. The zero-order valence-corrected chi connectivity index (χ0v) is 5.87. The molecule has 0 saturated heterocycles. The maximum Gasteiger partial charge on any atom is 0.141 e. The van der Waals surface area contributed by atoms with Crippen LogP contribution in [0.5, 0.6) is 0 Å². The van der Waals surface area contributed by atoms with Gasteiger partial charge in [-0.1, -0.05) is 13.5 Å². The normalized spacial score (nSPS) is 12.3. The highest BCUT2D eigenvalue weighted by Crippen LogP contribution is 2.06. The van der Waals surface area contributed by atoms with Crippen LogP contribution in [0.3, 0.4) is 0 Å². The van der Waals surface area contributed by atoms with Crippen molar-refractivity contribution in [3.05, 3.63) is 24.2 Å². The van der Waals surface area contributed by atoms with E-state index in [1.165, 1.54) is 6.08 Å². The number of nitrogens with one attached hydrogen (secondary N) is 1. The maximum atomic E-state index is 12.5. The first kappa shape index (κ1) is 8.21. The van der Waals surface area contributed by atoms with Gasteiger partial charge < -0.3 is 5.32 Å². The van der Waals surface area contributed by atoms with Gasteiger partial charge in [0.2, 0.25) is 0 Å². The molecule has 0 aliphatic heterocycles. The molecule has 0 spiro atoms. The molecule has 9 heavy (non-hydrogen) atoms. The fourth-order valence-corrected chi connectivity index (χ4v) is 0.588. The minimum absolute atomic E-state index is 0.264. The summed E-state index contributed by atoms with van der Waals surface area (Å²) >= 11 is 0. The molecular weight excluding hydrogens is 117 g/mol. The van der Waals surface area contributed by atoms with Crippen LogP contribution in [0.15, 0.2) is 24.2 Å². The molecule has 0 bridgehead atoms. The number of hydrogen-bond acceptors (Lipinski definition) is 1. The van der Waals surface area contributed by atoms with E-state index in [4.69, 9.17) is 0 Å². The maximum absolute atomic E-state index is 12.5. The van der Waals surface area contributed by atoms with E-state index in [-0.39, 0.29) is 5.83 Å². The molecular formula is C7H12FN. The summed E-state index contributed by atoms with van der Waals surface area (Å²) < 4.78 is 12.5. The third-order valence-electron chi connectivity index (χ3n) is 1.12. The third-order valence-corrected chi connectivity index (χ3v) is 1.12. The minimum Gasteiger partial charge on any atom is -0.389 e. The molecule has 0 aliphatic carbocycles. The van der Waals surface area contributed by atoms with Gasteiger partial charge in [-0.25, -0.2) is 4.39 Å². The van der Waals surface area contributed by atoms with Crippen molar-refractivity contribution in [2.24, 2.45) is 0 Å². The van der Waals surface area contributed by atoms with Gasteiger partial charge in [0.25, 0.3) is 0 Å². The lowest BCUT2D eigenvalue weighted by atomic mass is 10.3. The van der Waals surface area contributed by atoms with Gasteiger partial charge in [0.1, 0.15) is 5.83 Å². The summed E-state index contributed by atoms with van der Waals surface area (Å²) in [6.07, 6.45) is 1.88. The standard InChI is InChI=1S/C7H12FN/c1-4-6(8)7(5-2)9-3/h4,9H,1,5H2,2-3H3/b7-6-. The average Bonchev–Trinajstić information content (AvgIpc) is 1.90. The lowest BCUT2D eigenvalue weighted by Crippen LogP contribution is -2.05. The first-order valence-corrected chi connectivity index (χ1v) is 2.95. The Morgan fingerprint density at radius 1 is 1.78 bits per heavy atom. The van der Waals surface area contributed by atoms with Crippen LogP contribution in [-0.4, -0.2) is 7.05 Å². The largest absolute Gasteiger partial charge is 0.389 e. The van der Waals surface area contributed by atoms with Crippen LogP contribution in [0, 0.1) is 0 Å². The van der Waals surface area contributed by atoms with Gasteiger partial charge in [-0.05, 0) is 12.5 Å². The Bertz CT molecular complexity index is 121. The van der Waals surface area contributed by atoms with Crippen LogP contribution < -0.4 is 5.32 Å². The fourth-order valence-electron chi connectivity index (χ4n) is 0.588. The van der Waals surface area contributed by atoms with Crippen LogP contribution in [0.1, 0.15) is 13.3 Å². The summed E-state index contributed by atoms with van der Waals surface area (Å²) in [6, 6.07) is 0. The molecule has 0 fully saturated rings. The summed E-state index contributed by atoms with van der Waals surface area (Å²) in [4.78, 5) is 0.